The van der Waals surface area contributed by atoms with Crippen molar-refractivity contribution in [3.8, 4) is 0 Å². The fourth-order valence-electron chi connectivity index (χ4n) is 4.51. The molecule has 2 atom stereocenters. The number of hydrogen-bond donors (Lipinski definition) is 0. The highest BCUT2D eigenvalue weighted by molar-refractivity contribution is 8.33. The van der Waals surface area contributed by atoms with Gasteiger partial charge in [0.1, 0.15) is 0 Å². The van der Waals surface area contributed by atoms with Crippen molar-refractivity contribution in [2.45, 2.75) is 65.7 Å². The van der Waals surface area contributed by atoms with E-state index in [0.29, 0.717) is 0 Å². The normalized spacial score (nSPS) is 14.0. The fourth-order valence-corrected chi connectivity index (χ4v) is 13.9. The zero-order chi connectivity index (χ0) is 27.2. The number of nitrogens with zero attached hydrogens (tertiary/aromatic N) is 2. The van der Waals surface area contributed by atoms with Crippen LogP contribution in [0.2, 0.25) is 0 Å². The Kier molecular flexibility index (Phi) is 9.56. The van der Waals surface area contributed by atoms with E-state index in [1.165, 1.54) is 21.7 Å². The Labute approximate surface area is 233 Å². The van der Waals surface area contributed by atoms with E-state index in [9.17, 15) is 0 Å². The van der Waals surface area contributed by atoms with Gasteiger partial charge in [0.15, 0.2) is 0 Å². The van der Waals surface area contributed by atoms with Gasteiger partial charge in [0.05, 0.1) is 0 Å². The first-order chi connectivity index (χ1) is 18.1. The standard InChI is InChI=1S/C34H42N2P2/c1-33(2,3)35(27-29-19-11-7-12-20-29)37(31-23-15-9-16-24-31)38(32-25-17-10-18-26-32)36(34(4,5)6)28-30-21-13-8-14-22-30/h7-26H,27-28H2,1-6H3. The highest BCUT2D eigenvalue weighted by Gasteiger charge is 2.42. The van der Waals surface area contributed by atoms with Crippen LogP contribution in [0, 0.1) is 0 Å². The van der Waals surface area contributed by atoms with Gasteiger partial charge in [-0.05, 0) is 63.3 Å². The lowest BCUT2D eigenvalue weighted by molar-refractivity contribution is 0.251. The third kappa shape index (κ3) is 7.40. The molecule has 0 aliphatic rings. The summed E-state index contributed by atoms with van der Waals surface area (Å²) in [7, 11) is -1.49. The van der Waals surface area contributed by atoms with Crippen molar-refractivity contribution in [3.63, 3.8) is 0 Å². The second-order valence-corrected chi connectivity index (χ2v) is 17.1. The minimum Gasteiger partial charge on any atom is -0.264 e. The average Bonchev–Trinajstić information content (AvgIpc) is 2.91. The van der Waals surface area contributed by atoms with Crippen LogP contribution in [0.4, 0.5) is 0 Å². The van der Waals surface area contributed by atoms with Crippen molar-refractivity contribution in [2.75, 3.05) is 0 Å². The monoisotopic (exact) mass is 540 g/mol. The van der Waals surface area contributed by atoms with Crippen LogP contribution in [0.5, 0.6) is 0 Å². The molecule has 0 spiro atoms. The van der Waals surface area contributed by atoms with Gasteiger partial charge in [-0.2, -0.15) is 0 Å². The van der Waals surface area contributed by atoms with E-state index < -0.39 is 15.5 Å². The Morgan fingerprint density at radius 3 is 0.947 bits per heavy atom. The largest absolute Gasteiger partial charge is 0.264 e. The van der Waals surface area contributed by atoms with Gasteiger partial charge in [0, 0.05) is 39.7 Å². The fraction of sp³-hybridized carbons (Fsp3) is 0.294. The SMILES string of the molecule is CC(C)(C)N(Cc1ccccc1)P(c1ccccc1)P(c1ccccc1)N(Cc1ccccc1)C(C)(C)C. The molecule has 0 aliphatic heterocycles. The molecule has 0 saturated carbocycles. The molecule has 198 valence electrons. The predicted molar refractivity (Wildman–Crippen MR) is 169 cm³/mol. The molecule has 2 nitrogen and oxygen atoms in total. The quantitative estimate of drug-likeness (QED) is 0.196. The summed E-state index contributed by atoms with van der Waals surface area (Å²) in [5.41, 5.74) is 2.67. The van der Waals surface area contributed by atoms with E-state index in [4.69, 9.17) is 0 Å². The molecule has 0 heterocycles. The summed E-state index contributed by atoms with van der Waals surface area (Å²) in [6.45, 7) is 16.1. The van der Waals surface area contributed by atoms with Crippen LogP contribution in [0.3, 0.4) is 0 Å². The van der Waals surface area contributed by atoms with Crippen molar-refractivity contribution in [1.82, 2.24) is 9.34 Å². The molecule has 4 aromatic rings. The lowest BCUT2D eigenvalue weighted by Gasteiger charge is -2.51. The van der Waals surface area contributed by atoms with Crippen LogP contribution in [0.15, 0.2) is 121 Å². The summed E-state index contributed by atoms with van der Waals surface area (Å²) in [6.07, 6.45) is 0. The number of rotatable bonds is 9. The van der Waals surface area contributed by atoms with Gasteiger partial charge in [-0.25, -0.2) is 0 Å². The summed E-state index contributed by atoms with van der Waals surface area (Å²) in [5, 5.41) is 2.87. The molecule has 38 heavy (non-hydrogen) atoms. The molecule has 4 aromatic carbocycles. The number of hydrogen-bond acceptors (Lipinski definition) is 2. The maximum Gasteiger partial charge on any atom is 0.0428 e. The average molecular weight is 541 g/mol. The highest BCUT2D eigenvalue weighted by Crippen LogP contribution is 2.74. The third-order valence-corrected chi connectivity index (χ3v) is 14.5. The van der Waals surface area contributed by atoms with Crippen LogP contribution in [0.25, 0.3) is 0 Å². The number of benzene rings is 4. The molecule has 0 fully saturated rings. The van der Waals surface area contributed by atoms with Crippen LogP contribution in [-0.4, -0.2) is 20.4 Å². The van der Waals surface area contributed by atoms with E-state index in [-0.39, 0.29) is 11.1 Å². The van der Waals surface area contributed by atoms with Crippen molar-refractivity contribution in [2.24, 2.45) is 0 Å². The van der Waals surface area contributed by atoms with Crippen molar-refractivity contribution in [3.05, 3.63) is 132 Å². The van der Waals surface area contributed by atoms with Crippen LogP contribution >= 0.6 is 15.5 Å². The summed E-state index contributed by atoms with van der Waals surface area (Å²) < 4.78 is 5.60. The van der Waals surface area contributed by atoms with E-state index in [0.717, 1.165) is 13.1 Å². The molecule has 0 bridgehead atoms. The van der Waals surface area contributed by atoms with Gasteiger partial charge in [-0.1, -0.05) is 121 Å². The summed E-state index contributed by atoms with van der Waals surface area (Å²) in [5.74, 6) is 0. The van der Waals surface area contributed by atoms with Gasteiger partial charge in [-0.3, -0.25) is 9.34 Å². The first kappa shape index (κ1) is 28.7. The molecule has 4 heteroatoms. The molecule has 4 rings (SSSR count). The molecular formula is C34H42N2P2. The van der Waals surface area contributed by atoms with Crippen molar-refractivity contribution < 1.29 is 0 Å². The van der Waals surface area contributed by atoms with Crippen molar-refractivity contribution in [1.29, 1.82) is 0 Å². The minimum absolute atomic E-state index is 0.0248. The Balaban J connectivity index is 1.94. The first-order valence-corrected chi connectivity index (χ1v) is 16.8. The van der Waals surface area contributed by atoms with E-state index in [1.807, 2.05) is 0 Å². The molecule has 2 unspecified atom stereocenters. The van der Waals surface area contributed by atoms with E-state index >= 15 is 0 Å². The van der Waals surface area contributed by atoms with Crippen LogP contribution < -0.4 is 10.6 Å². The third-order valence-electron chi connectivity index (χ3n) is 6.51. The van der Waals surface area contributed by atoms with Crippen LogP contribution in [0.1, 0.15) is 52.7 Å². The lowest BCUT2D eigenvalue weighted by atomic mass is 10.1. The van der Waals surface area contributed by atoms with Gasteiger partial charge in [-0.15, -0.1) is 0 Å². The summed E-state index contributed by atoms with van der Waals surface area (Å²) in [6, 6.07) is 44.5. The second kappa shape index (κ2) is 12.7. The Bertz CT molecular complexity index is 1130. The smallest absolute Gasteiger partial charge is 0.0428 e. The van der Waals surface area contributed by atoms with Gasteiger partial charge < -0.3 is 0 Å². The maximum absolute atomic E-state index is 2.80. The topological polar surface area (TPSA) is 6.48 Å². The van der Waals surface area contributed by atoms with Crippen molar-refractivity contribution >= 4 is 26.1 Å². The lowest BCUT2D eigenvalue weighted by Crippen LogP contribution is -2.44. The molecule has 0 N–H and O–H groups in total. The summed E-state index contributed by atoms with van der Waals surface area (Å²) in [4.78, 5) is 0. The highest BCUT2D eigenvalue weighted by atomic mass is 32.1. The van der Waals surface area contributed by atoms with Gasteiger partial charge >= 0.3 is 0 Å². The second-order valence-electron chi connectivity index (χ2n) is 11.7. The molecule has 0 radical (unpaired) electrons. The molecular weight excluding hydrogens is 498 g/mol. The van der Waals surface area contributed by atoms with Gasteiger partial charge in [0.25, 0.3) is 0 Å². The zero-order valence-electron chi connectivity index (χ0n) is 23.8. The minimum atomic E-state index is -0.746. The molecule has 0 amide bonds. The molecule has 0 aliphatic carbocycles. The Morgan fingerprint density at radius 2 is 0.684 bits per heavy atom. The maximum atomic E-state index is 2.80. The predicted octanol–water partition coefficient (Wildman–Crippen LogP) is 8.95. The summed E-state index contributed by atoms with van der Waals surface area (Å²) >= 11 is 0. The molecule has 0 aromatic heterocycles. The first-order valence-electron chi connectivity index (χ1n) is 13.5. The van der Waals surface area contributed by atoms with Crippen LogP contribution in [-0.2, 0) is 13.1 Å². The Hall–Kier alpha value is -2.34. The Morgan fingerprint density at radius 1 is 0.421 bits per heavy atom. The van der Waals surface area contributed by atoms with E-state index in [1.54, 1.807) is 0 Å². The van der Waals surface area contributed by atoms with E-state index in [2.05, 4.69) is 172 Å². The zero-order valence-corrected chi connectivity index (χ0v) is 25.5. The van der Waals surface area contributed by atoms with Gasteiger partial charge in [0.2, 0.25) is 0 Å². The molecule has 0 saturated heterocycles.